The van der Waals surface area contributed by atoms with Gasteiger partial charge in [0.2, 0.25) is 0 Å². The average Bonchev–Trinajstić information content (AvgIpc) is 4.10. The van der Waals surface area contributed by atoms with Crippen molar-refractivity contribution in [3.8, 4) is 44.5 Å². The van der Waals surface area contributed by atoms with E-state index < -0.39 is 28.5 Å². The van der Waals surface area contributed by atoms with Crippen molar-refractivity contribution in [2.24, 2.45) is 0 Å². The van der Waals surface area contributed by atoms with Crippen molar-refractivity contribution in [1.29, 1.82) is 0 Å². The summed E-state index contributed by atoms with van der Waals surface area (Å²) in [6, 6.07) is 35.4. The molecular formula is C44H34B4N4O8. The maximum Gasteiger partial charge on any atom is 0.488 e. The highest BCUT2D eigenvalue weighted by atomic mass is 16.4. The van der Waals surface area contributed by atoms with Gasteiger partial charge in [-0.15, -0.1) is 0 Å². The summed E-state index contributed by atoms with van der Waals surface area (Å²) in [5.41, 5.74) is 12.5. The van der Waals surface area contributed by atoms with E-state index in [1.165, 1.54) is 0 Å². The molecule has 5 heterocycles. The van der Waals surface area contributed by atoms with E-state index in [1.807, 2.05) is 48.6 Å². The van der Waals surface area contributed by atoms with E-state index in [0.717, 1.165) is 44.5 Å². The summed E-state index contributed by atoms with van der Waals surface area (Å²) in [5.74, 6) is 0. The molecule has 2 aliphatic heterocycles. The van der Waals surface area contributed by atoms with Crippen LogP contribution in [0.3, 0.4) is 0 Å². The van der Waals surface area contributed by atoms with Crippen molar-refractivity contribution in [3.05, 3.63) is 144 Å². The number of benzene rings is 4. The monoisotopic (exact) mass is 790 g/mol. The van der Waals surface area contributed by atoms with Gasteiger partial charge in [0.1, 0.15) is 0 Å². The minimum atomic E-state index is -1.65. The number of nitrogens with one attached hydrogen (secondary N) is 2. The summed E-state index contributed by atoms with van der Waals surface area (Å²) in [7, 11) is -6.59. The first-order chi connectivity index (χ1) is 29.0. The van der Waals surface area contributed by atoms with Gasteiger partial charge in [0.25, 0.3) is 0 Å². The van der Waals surface area contributed by atoms with Gasteiger partial charge in [-0.2, -0.15) is 0 Å². The Bertz CT molecular complexity index is 2590. The first kappa shape index (κ1) is 38.9. The normalized spacial score (nSPS) is 11.9. The fraction of sp³-hybridized carbons (Fsp3) is 0. The van der Waals surface area contributed by atoms with Crippen molar-refractivity contribution >= 4 is 96.7 Å². The zero-order chi connectivity index (χ0) is 41.7. The first-order valence-electron chi connectivity index (χ1n) is 19.0. The molecule has 60 heavy (non-hydrogen) atoms. The molecule has 0 radical (unpaired) electrons. The van der Waals surface area contributed by atoms with Gasteiger partial charge in [-0.3, -0.25) is 0 Å². The molecule has 10 N–H and O–H groups in total. The van der Waals surface area contributed by atoms with Crippen LogP contribution in [0.2, 0.25) is 0 Å². The molecule has 0 saturated carbocycles. The third kappa shape index (κ3) is 7.34. The standard InChI is InChI=1S/C44H34B4N4O8/c53-45(54)29-9-1-25(2-10-29)41-33-17-19-35(49-33)42(26-3-11-30(12-4-26)46(55)56)37-21-23-39(51-37)44(28-7-15-32(16-8-28)48(59)60)40-24-22-38(52-40)43(36-20-18-34(41)50-36)27-5-13-31(14-6-27)47(57)58/h1-24,49,52-60H. The number of aromatic nitrogens is 4. The average molecular weight is 790 g/mol. The van der Waals surface area contributed by atoms with Gasteiger partial charge in [-0.25, -0.2) is 9.97 Å². The van der Waals surface area contributed by atoms with E-state index in [4.69, 9.17) is 9.97 Å². The van der Waals surface area contributed by atoms with E-state index >= 15 is 0 Å². The molecular weight excluding hydrogens is 756 g/mol. The lowest BCUT2D eigenvalue weighted by Crippen LogP contribution is -2.29. The molecule has 0 aliphatic carbocycles. The zero-order valence-corrected chi connectivity index (χ0v) is 31.6. The number of rotatable bonds is 8. The van der Waals surface area contributed by atoms with Gasteiger partial charge in [-0.05, 0) is 92.7 Å². The second-order valence-corrected chi connectivity index (χ2v) is 14.5. The van der Waals surface area contributed by atoms with Crippen LogP contribution in [0.25, 0.3) is 90.9 Å². The Kier molecular flexibility index (Phi) is 10.3. The molecule has 16 heteroatoms. The van der Waals surface area contributed by atoms with Gasteiger partial charge in [0, 0.05) is 44.3 Å². The summed E-state index contributed by atoms with van der Waals surface area (Å²) >= 11 is 0. The van der Waals surface area contributed by atoms with Crippen molar-refractivity contribution in [2.75, 3.05) is 0 Å². The van der Waals surface area contributed by atoms with Crippen LogP contribution in [0.15, 0.2) is 121 Å². The molecule has 3 aromatic heterocycles. The lowest BCUT2D eigenvalue weighted by atomic mass is 9.80. The van der Waals surface area contributed by atoms with Crippen LogP contribution in [-0.2, 0) is 0 Å². The number of nitrogens with zero attached hydrogens (tertiary/aromatic N) is 2. The van der Waals surface area contributed by atoms with Gasteiger partial charge >= 0.3 is 28.5 Å². The first-order valence-corrected chi connectivity index (χ1v) is 19.0. The van der Waals surface area contributed by atoms with Gasteiger partial charge in [0.05, 0.1) is 22.8 Å². The summed E-state index contributed by atoms with van der Waals surface area (Å²) in [6.45, 7) is 0. The third-order valence-corrected chi connectivity index (χ3v) is 10.7. The van der Waals surface area contributed by atoms with Crippen LogP contribution in [0.4, 0.5) is 0 Å². The molecule has 0 spiro atoms. The van der Waals surface area contributed by atoms with Gasteiger partial charge in [-0.1, -0.05) is 97.1 Å². The zero-order valence-electron chi connectivity index (χ0n) is 31.6. The number of H-pyrrole nitrogens is 2. The molecule has 0 atom stereocenters. The molecule has 0 amide bonds. The topological polar surface area (TPSA) is 219 Å². The second kappa shape index (κ2) is 15.9. The minimum absolute atomic E-state index is 0.328. The quantitative estimate of drug-likeness (QED) is 0.101. The smallest absolute Gasteiger partial charge is 0.423 e. The Hall–Kier alpha value is -6.58. The molecule has 0 fully saturated rings. The van der Waals surface area contributed by atoms with E-state index in [1.54, 1.807) is 97.1 Å². The van der Waals surface area contributed by atoms with Crippen molar-refractivity contribution in [3.63, 3.8) is 0 Å². The molecule has 12 nitrogen and oxygen atoms in total. The predicted molar refractivity (Wildman–Crippen MR) is 240 cm³/mol. The Balaban J connectivity index is 1.42. The van der Waals surface area contributed by atoms with Crippen molar-refractivity contribution in [2.45, 2.75) is 0 Å². The fourth-order valence-electron chi connectivity index (χ4n) is 7.71. The Morgan fingerprint density at radius 1 is 0.283 bits per heavy atom. The molecule has 8 bridgehead atoms. The number of fused-ring (bicyclic) bond motifs is 8. The number of aromatic amines is 2. The van der Waals surface area contributed by atoms with E-state index in [-0.39, 0.29) is 0 Å². The molecule has 0 unspecified atom stereocenters. The largest absolute Gasteiger partial charge is 0.488 e. The highest BCUT2D eigenvalue weighted by molar-refractivity contribution is 6.59. The highest BCUT2D eigenvalue weighted by Crippen LogP contribution is 2.38. The molecule has 290 valence electrons. The fourth-order valence-corrected chi connectivity index (χ4v) is 7.71. The van der Waals surface area contributed by atoms with Crippen LogP contribution in [0, 0.1) is 0 Å². The summed E-state index contributed by atoms with van der Waals surface area (Å²) in [6.07, 6.45) is 7.65. The van der Waals surface area contributed by atoms with E-state index in [9.17, 15) is 40.2 Å². The van der Waals surface area contributed by atoms with Gasteiger partial charge < -0.3 is 50.2 Å². The molecule has 0 saturated heterocycles. The predicted octanol–water partition coefficient (Wildman–Crippen LogP) is 2.04. The Morgan fingerprint density at radius 3 is 0.667 bits per heavy atom. The van der Waals surface area contributed by atoms with Crippen LogP contribution >= 0.6 is 0 Å². The summed E-state index contributed by atoms with van der Waals surface area (Å²) in [4.78, 5) is 17.7. The molecule has 9 rings (SSSR count). The minimum Gasteiger partial charge on any atom is -0.423 e. The Labute approximate surface area is 344 Å². The molecule has 7 aromatic rings. The van der Waals surface area contributed by atoms with Gasteiger partial charge in [0.15, 0.2) is 0 Å². The lowest BCUT2D eigenvalue weighted by Gasteiger charge is -2.08. The second-order valence-electron chi connectivity index (χ2n) is 14.5. The van der Waals surface area contributed by atoms with Crippen LogP contribution < -0.4 is 21.9 Å². The van der Waals surface area contributed by atoms with Crippen LogP contribution in [-0.4, -0.2) is 88.6 Å². The van der Waals surface area contributed by atoms with Crippen molar-refractivity contribution in [1.82, 2.24) is 19.9 Å². The molecule has 4 aromatic carbocycles. The Morgan fingerprint density at radius 2 is 0.483 bits per heavy atom. The van der Waals surface area contributed by atoms with Crippen molar-refractivity contribution < 1.29 is 40.2 Å². The summed E-state index contributed by atoms with van der Waals surface area (Å²) < 4.78 is 0. The number of hydrogen-bond donors (Lipinski definition) is 10. The SMILES string of the molecule is OB(O)c1ccc(-c2c3nc(c(-c4ccc(B(O)O)cc4)c4ccc([nH]4)c(-c4ccc(B(O)O)cc4)c4nc(c(-c5ccc(B(O)O)cc5)c5ccc2[nH]5)C=C4)C=C3)cc1. The maximum atomic E-state index is 9.88. The van der Waals surface area contributed by atoms with E-state index in [0.29, 0.717) is 66.7 Å². The van der Waals surface area contributed by atoms with Crippen LogP contribution in [0.5, 0.6) is 0 Å². The summed E-state index contributed by atoms with van der Waals surface area (Å²) in [5, 5.41) is 79.1. The highest BCUT2D eigenvalue weighted by Gasteiger charge is 2.21. The lowest BCUT2D eigenvalue weighted by molar-refractivity contribution is 0.424. The third-order valence-electron chi connectivity index (χ3n) is 10.7. The number of hydrogen-bond acceptors (Lipinski definition) is 10. The maximum absolute atomic E-state index is 9.88. The molecule has 2 aliphatic rings. The van der Waals surface area contributed by atoms with Crippen LogP contribution in [0.1, 0.15) is 22.8 Å². The van der Waals surface area contributed by atoms with E-state index in [2.05, 4.69) is 9.97 Å².